The zero-order chi connectivity index (χ0) is 25.2. The Morgan fingerprint density at radius 1 is 1.30 bits per heavy atom. The molecule has 190 valence electrons. The molecule has 2 aliphatic rings. The van der Waals surface area contributed by atoms with Crippen molar-refractivity contribution in [3.8, 4) is 0 Å². The van der Waals surface area contributed by atoms with Crippen molar-refractivity contribution in [2.24, 2.45) is 23.7 Å². The van der Waals surface area contributed by atoms with Crippen LogP contribution in [0, 0.1) is 23.7 Å². The van der Waals surface area contributed by atoms with Gasteiger partial charge in [0.05, 0.1) is 0 Å². The van der Waals surface area contributed by atoms with Gasteiger partial charge in [-0.1, -0.05) is 46.3 Å². The highest BCUT2D eigenvalue weighted by Crippen LogP contribution is 2.54. The summed E-state index contributed by atoms with van der Waals surface area (Å²) in [5, 5.41) is 12.4. The number of aliphatic hydroxyl groups is 1. The second kappa shape index (κ2) is 10.9. The summed E-state index contributed by atoms with van der Waals surface area (Å²) in [7, 11) is -0.260. The predicted molar refractivity (Wildman–Crippen MR) is 137 cm³/mol. The Morgan fingerprint density at radius 3 is 2.48 bits per heavy atom. The van der Waals surface area contributed by atoms with Crippen molar-refractivity contribution in [2.75, 3.05) is 20.5 Å². The van der Waals surface area contributed by atoms with Gasteiger partial charge in [-0.15, -0.1) is 6.58 Å². The Kier molecular flexibility index (Phi) is 9.36. The number of carbonyl (C=O) groups is 1. The number of allylic oxidation sites excluding steroid dienone is 1. The average molecular weight is 481 g/mol. The smallest absolute Gasteiger partial charge is 0.191 e. The molecule has 0 saturated heterocycles. The number of methoxy groups -OCH3 is 1. The van der Waals surface area contributed by atoms with E-state index in [1.807, 2.05) is 6.92 Å². The van der Waals surface area contributed by atoms with Crippen LogP contribution < -0.4 is 0 Å². The molecule has 0 spiro atoms. The number of ether oxygens (including phenoxy) is 2. The molecule has 6 heteroatoms. The Bertz CT molecular complexity index is 737. The highest BCUT2D eigenvalue weighted by atomic mass is 28.4. The predicted octanol–water partition coefficient (Wildman–Crippen LogP) is 5.89. The van der Waals surface area contributed by atoms with Crippen LogP contribution in [0.2, 0.25) is 18.1 Å². The zero-order valence-electron chi connectivity index (χ0n) is 22.5. The van der Waals surface area contributed by atoms with Gasteiger partial charge in [-0.2, -0.15) is 0 Å². The number of hydrogen-bond acceptors (Lipinski definition) is 5. The van der Waals surface area contributed by atoms with Crippen LogP contribution in [0.4, 0.5) is 0 Å². The quantitative estimate of drug-likeness (QED) is 0.139. The van der Waals surface area contributed by atoms with Gasteiger partial charge in [0.1, 0.15) is 18.5 Å². The molecule has 0 aromatic rings. The fraction of sp³-hybridized carbons (Fsp3) is 0.815. The van der Waals surface area contributed by atoms with Crippen molar-refractivity contribution in [1.82, 2.24) is 0 Å². The Labute approximate surface area is 203 Å². The lowest BCUT2D eigenvalue weighted by atomic mass is 9.59. The van der Waals surface area contributed by atoms with Gasteiger partial charge in [-0.25, -0.2) is 0 Å². The van der Waals surface area contributed by atoms with Gasteiger partial charge in [0, 0.05) is 25.2 Å². The molecule has 0 radical (unpaired) electrons. The summed E-state index contributed by atoms with van der Waals surface area (Å²) in [5.41, 5.74) is 0.0735. The van der Waals surface area contributed by atoms with Crippen molar-refractivity contribution in [1.29, 1.82) is 0 Å². The van der Waals surface area contributed by atoms with Crippen molar-refractivity contribution in [2.45, 2.75) is 97.1 Å². The van der Waals surface area contributed by atoms with Crippen molar-refractivity contribution in [3.05, 3.63) is 23.8 Å². The largest absolute Gasteiger partial charge is 0.417 e. The molecule has 2 saturated carbocycles. The second-order valence-electron chi connectivity index (χ2n) is 11.8. The van der Waals surface area contributed by atoms with E-state index in [0.717, 1.165) is 24.8 Å². The number of hydrogen-bond donors (Lipinski definition) is 1. The molecule has 0 aromatic heterocycles. The van der Waals surface area contributed by atoms with E-state index < -0.39 is 20.0 Å². The highest BCUT2D eigenvalue weighted by molar-refractivity contribution is 6.74. The van der Waals surface area contributed by atoms with E-state index in [-0.39, 0.29) is 35.4 Å². The lowest BCUT2D eigenvalue weighted by Gasteiger charge is -2.49. The second-order valence-corrected chi connectivity index (χ2v) is 16.6. The van der Waals surface area contributed by atoms with Crippen molar-refractivity contribution in [3.63, 3.8) is 0 Å². The highest BCUT2D eigenvalue weighted by Gasteiger charge is 2.59. The Balaban J connectivity index is 2.35. The van der Waals surface area contributed by atoms with E-state index in [1.54, 1.807) is 13.2 Å². The summed E-state index contributed by atoms with van der Waals surface area (Å²) in [5.74, 6) is 0.451. The van der Waals surface area contributed by atoms with Gasteiger partial charge in [0.15, 0.2) is 14.1 Å². The van der Waals surface area contributed by atoms with Gasteiger partial charge >= 0.3 is 0 Å². The zero-order valence-corrected chi connectivity index (χ0v) is 23.5. The molecule has 0 aliphatic heterocycles. The molecular weight excluding hydrogens is 432 g/mol. The SMILES string of the molecule is C=C[C@@H](OCOC)[C@@]1(O)/C(=C(\C)CCCO[Si](C)(C)C(C)(C)C)C(=O)[C@@H]2[C@@H](CC[C@@H]2C)[C@@H]1C. The van der Waals surface area contributed by atoms with Gasteiger partial charge in [-0.3, -0.25) is 4.79 Å². The summed E-state index contributed by atoms with van der Waals surface area (Å²) in [4.78, 5) is 13.9. The van der Waals surface area contributed by atoms with E-state index in [4.69, 9.17) is 13.9 Å². The summed E-state index contributed by atoms with van der Waals surface area (Å²) in [6, 6.07) is 0. The standard InChI is InChI=1S/C27H48O5Si/c1-11-22(31-17-30-8)27(29)20(4)21-15-14-18(2)23(21)25(28)24(27)19(3)13-12-16-32-33(9,10)26(5,6)7/h11,18,20-23,29H,1,12-17H2,2-10H3/b24-19+/t18-,20-,21-,22+,23-,27+/m0/s1. The lowest BCUT2D eigenvalue weighted by molar-refractivity contribution is -0.165. The summed E-state index contributed by atoms with van der Waals surface area (Å²) in [6.45, 7) is 22.1. The first-order chi connectivity index (χ1) is 15.2. The van der Waals surface area contributed by atoms with Gasteiger partial charge < -0.3 is 19.0 Å². The summed E-state index contributed by atoms with van der Waals surface area (Å²) < 4.78 is 17.3. The number of fused-ring (bicyclic) bond motifs is 1. The van der Waals surface area contributed by atoms with Crippen LogP contribution in [0.1, 0.15) is 67.2 Å². The topological polar surface area (TPSA) is 65.0 Å². The first-order valence-electron chi connectivity index (χ1n) is 12.6. The van der Waals surface area contributed by atoms with Gasteiger partial charge in [0.2, 0.25) is 0 Å². The van der Waals surface area contributed by atoms with Crippen molar-refractivity contribution >= 4 is 14.1 Å². The normalized spacial score (nSPS) is 33.1. The minimum Gasteiger partial charge on any atom is -0.417 e. The van der Waals surface area contributed by atoms with Crippen LogP contribution in [0.3, 0.4) is 0 Å². The van der Waals surface area contributed by atoms with Crippen LogP contribution in [0.25, 0.3) is 0 Å². The molecule has 0 amide bonds. The molecule has 5 nitrogen and oxygen atoms in total. The minimum absolute atomic E-state index is 0.0263. The first kappa shape index (κ1) is 28.4. The van der Waals surface area contributed by atoms with E-state index in [0.29, 0.717) is 24.5 Å². The van der Waals surface area contributed by atoms with Crippen LogP contribution in [-0.2, 0) is 18.7 Å². The maximum Gasteiger partial charge on any atom is 0.191 e. The molecule has 0 unspecified atom stereocenters. The fourth-order valence-electron chi connectivity index (χ4n) is 5.64. The third-order valence-electron chi connectivity index (χ3n) is 8.72. The average Bonchev–Trinajstić information content (AvgIpc) is 3.11. The van der Waals surface area contributed by atoms with Crippen LogP contribution in [-0.4, -0.2) is 51.4 Å². The lowest BCUT2D eigenvalue weighted by Crippen LogP contribution is -2.59. The molecule has 6 atom stereocenters. The van der Waals surface area contributed by atoms with E-state index >= 15 is 0 Å². The molecule has 2 aliphatic carbocycles. The third-order valence-corrected chi connectivity index (χ3v) is 13.3. The monoisotopic (exact) mass is 480 g/mol. The third kappa shape index (κ3) is 5.56. The number of Topliss-reactive ketones (excluding diaryl/α,β-unsaturated/α-hetero) is 1. The van der Waals surface area contributed by atoms with Gasteiger partial charge in [-0.05, 0) is 68.5 Å². The maximum atomic E-state index is 13.9. The van der Waals surface area contributed by atoms with E-state index in [1.165, 1.54) is 0 Å². The summed E-state index contributed by atoms with van der Waals surface area (Å²) in [6.07, 6.45) is 4.43. The molecule has 0 aromatic carbocycles. The molecule has 0 heterocycles. The molecule has 2 rings (SSSR count). The molecule has 2 fully saturated rings. The van der Waals surface area contributed by atoms with Crippen LogP contribution in [0.5, 0.6) is 0 Å². The van der Waals surface area contributed by atoms with Crippen LogP contribution >= 0.6 is 0 Å². The van der Waals surface area contributed by atoms with Gasteiger partial charge in [0.25, 0.3) is 0 Å². The fourth-order valence-corrected chi connectivity index (χ4v) is 6.73. The maximum absolute atomic E-state index is 13.9. The Morgan fingerprint density at radius 2 is 1.94 bits per heavy atom. The first-order valence-corrected chi connectivity index (χ1v) is 15.5. The molecule has 33 heavy (non-hydrogen) atoms. The number of ketones is 1. The van der Waals surface area contributed by atoms with Crippen LogP contribution in [0.15, 0.2) is 23.8 Å². The molecular formula is C27H48O5Si. The van der Waals surface area contributed by atoms with Crippen molar-refractivity contribution < 1.29 is 23.8 Å². The number of carbonyl (C=O) groups excluding carboxylic acids is 1. The van der Waals surface area contributed by atoms with E-state index in [2.05, 4.69) is 54.3 Å². The van der Waals surface area contributed by atoms with E-state index in [9.17, 15) is 9.90 Å². The number of rotatable bonds is 10. The molecule has 0 bridgehead atoms. The Hall–Kier alpha value is -0.793. The summed E-state index contributed by atoms with van der Waals surface area (Å²) >= 11 is 0. The molecule has 1 N–H and O–H groups in total. The minimum atomic E-state index is -1.81.